The van der Waals surface area contributed by atoms with Crippen LogP contribution in [0.1, 0.15) is 23.4 Å². The van der Waals surface area contributed by atoms with Crippen LogP contribution in [0.3, 0.4) is 0 Å². The molecule has 0 radical (unpaired) electrons. The van der Waals surface area contributed by atoms with Crippen LogP contribution < -0.4 is 5.32 Å². The molecule has 0 saturated carbocycles. The van der Waals surface area contributed by atoms with Crippen molar-refractivity contribution in [3.05, 3.63) is 23.2 Å². The second kappa shape index (κ2) is 6.86. The molecule has 122 valence electrons. The quantitative estimate of drug-likeness (QED) is 0.787. The molecule has 0 aromatic carbocycles. The van der Waals surface area contributed by atoms with Gasteiger partial charge in [-0.15, -0.1) is 17.9 Å². The summed E-state index contributed by atoms with van der Waals surface area (Å²) < 4.78 is 26.9. The summed E-state index contributed by atoms with van der Waals surface area (Å²) in [7, 11) is -0.388. The molecule has 1 N–H and O–H groups in total. The van der Waals surface area contributed by atoms with Gasteiger partial charge in [0.2, 0.25) is 5.91 Å². The van der Waals surface area contributed by atoms with Crippen LogP contribution in [-0.4, -0.2) is 48.6 Å². The second-order valence-corrected chi connectivity index (χ2v) is 8.36. The number of anilines is 1. The summed E-state index contributed by atoms with van der Waals surface area (Å²) in [6, 6.07) is 0. The molecule has 22 heavy (non-hydrogen) atoms. The molecule has 0 saturated heterocycles. The van der Waals surface area contributed by atoms with Crippen LogP contribution in [-0.2, 0) is 28.0 Å². The first-order chi connectivity index (χ1) is 10.3. The summed E-state index contributed by atoms with van der Waals surface area (Å²) in [5.74, 6) is -0.108. The molecule has 2 heterocycles. The van der Waals surface area contributed by atoms with E-state index in [-0.39, 0.29) is 5.91 Å². The summed E-state index contributed by atoms with van der Waals surface area (Å²) >= 11 is 1.34. The molecule has 0 aliphatic carbocycles. The van der Waals surface area contributed by atoms with Gasteiger partial charge in [0, 0.05) is 38.4 Å². The molecule has 9 heteroatoms. The molecule has 0 bridgehead atoms. The summed E-state index contributed by atoms with van der Waals surface area (Å²) in [6.45, 7) is 4.28. The number of allylic oxidation sites excluding steroid dienone is 1. The first-order valence-corrected chi connectivity index (χ1v) is 9.13. The van der Waals surface area contributed by atoms with Crippen molar-refractivity contribution in [3.8, 4) is 0 Å². The topological polar surface area (TPSA) is 82.6 Å². The third kappa shape index (κ3) is 3.72. The summed E-state index contributed by atoms with van der Waals surface area (Å²) in [5, 5.41) is 3.28. The Morgan fingerprint density at radius 1 is 1.55 bits per heavy atom. The van der Waals surface area contributed by atoms with Gasteiger partial charge in [0.1, 0.15) is 0 Å². The van der Waals surface area contributed by atoms with E-state index >= 15 is 0 Å². The van der Waals surface area contributed by atoms with Crippen LogP contribution in [0.4, 0.5) is 5.13 Å². The molecule has 1 aliphatic rings. The van der Waals surface area contributed by atoms with E-state index in [1.54, 1.807) is 6.08 Å². The van der Waals surface area contributed by atoms with Gasteiger partial charge < -0.3 is 5.32 Å². The van der Waals surface area contributed by atoms with Crippen molar-refractivity contribution < 1.29 is 13.2 Å². The second-order valence-electron chi connectivity index (χ2n) is 5.14. The highest BCUT2D eigenvalue weighted by Crippen LogP contribution is 2.29. The molecule has 7 nitrogen and oxygen atoms in total. The van der Waals surface area contributed by atoms with Gasteiger partial charge in [0.25, 0.3) is 10.2 Å². The maximum atomic E-state index is 12.2. The summed E-state index contributed by atoms with van der Waals surface area (Å²) in [6.07, 6.45) is 3.23. The predicted octanol–water partition coefficient (Wildman–Crippen LogP) is 1.21. The number of carbonyl (C=O) groups excluding carboxylic acids is 1. The highest BCUT2D eigenvalue weighted by molar-refractivity contribution is 7.86. The molecule has 0 spiro atoms. The minimum absolute atomic E-state index is 0.108. The van der Waals surface area contributed by atoms with Gasteiger partial charge in [0.05, 0.1) is 12.2 Å². The number of hydrogen-bond donors (Lipinski definition) is 1. The van der Waals surface area contributed by atoms with Crippen molar-refractivity contribution >= 4 is 32.6 Å². The van der Waals surface area contributed by atoms with Crippen LogP contribution in [0.25, 0.3) is 0 Å². The monoisotopic (exact) mass is 344 g/mol. The van der Waals surface area contributed by atoms with Crippen molar-refractivity contribution in [2.75, 3.05) is 26.0 Å². The molecule has 0 atom stereocenters. The van der Waals surface area contributed by atoms with E-state index in [1.165, 1.54) is 34.0 Å². The number of rotatable bonds is 6. The zero-order valence-electron chi connectivity index (χ0n) is 12.7. The Bertz CT molecular complexity index is 667. The van der Waals surface area contributed by atoms with Crippen molar-refractivity contribution in [2.45, 2.75) is 25.8 Å². The fraction of sp³-hybridized carbons (Fsp3) is 0.538. The van der Waals surface area contributed by atoms with E-state index in [0.29, 0.717) is 37.5 Å². The summed E-state index contributed by atoms with van der Waals surface area (Å²) in [5.41, 5.74) is 0.870. The maximum absolute atomic E-state index is 12.2. The molecular formula is C13H20N4O3S2. The van der Waals surface area contributed by atoms with Crippen molar-refractivity contribution in [1.82, 2.24) is 13.6 Å². The molecule has 0 unspecified atom stereocenters. The smallest absolute Gasteiger partial charge is 0.281 e. The minimum Gasteiger partial charge on any atom is -0.302 e. The molecule has 1 amide bonds. The van der Waals surface area contributed by atoms with E-state index in [1.807, 2.05) is 0 Å². The summed E-state index contributed by atoms with van der Waals surface area (Å²) in [4.78, 5) is 17.0. The highest BCUT2D eigenvalue weighted by Gasteiger charge is 2.30. The minimum atomic E-state index is -3.42. The Morgan fingerprint density at radius 2 is 2.27 bits per heavy atom. The van der Waals surface area contributed by atoms with Gasteiger partial charge in [-0.3, -0.25) is 4.79 Å². The fourth-order valence-electron chi connectivity index (χ4n) is 2.07. The van der Waals surface area contributed by atoms with E-state index in [2.05, 4.69) is 16.9 Å². The molecule has 1 aromatic rings. The van der Waals surface area contributed by atoms with Crippen molar-refractivity contribution in [3.63, 3.8) is 0 Å². The van der Waals surface area contributed by atoms with Gasteiger partial charge in [-0.05, 0) is 6.42 Å². The van der Waals surface area contributed by atoms with Gasteiger partial charge in [0.15, 0.2) is 5.13 Å². The Hall–Kier alpha value is -1.29. The lowest BCUT2D eigenvalue weighted by Crippen LogP contribution is -2.42. The van der Waals surface area contributed by atoms with E-state index in [9.17, 15) is 13.2 Å². The Kier molecular flexibility index (Phi) is 5.32. The lowest BCUT2D eigenvalue weighted by atomic mass is 10.2. The third-order valence-electron chi connectivity index (χ3n) is 3.31. The Balaban J connectivity index is 2.08. The predicted molar refractivity (Wildman–Crippen MR) is 86.9 cm³/mol. The van der Waals surface area contributed by atoms with Crippen LogP contribution in [0.2, 0.25) is 0 Å². The molecular weight excluding hydrogens is 324 g/mol. The largest absolute Gasteiger partial charge is 0.302 e. The fourth-order valence-corrected chi connectivity index (χ4v) is 4.27. The van der Waals surface area contributed by atoms with Crippen molar-refractivity contribution in [1.29, 1.82) is 0 Å². The zero-order valence-corrected chi connectivity index (χ0v) is 14.3. The highest BCUT2D eigenvalue weighted by atomic mass is 32.2. The number of fused-ring (bicyclic) bond motifs is 1. The maximum Gasteiger partial charge on any atom is 0.281 e. The van der Waals surface area contributed by atoms with E-state index in [4.69, 9.17) is 0 Å². The molecule has 0 fully saturated rings. The van der Waals surface area contributed by atoms with Crippen molar-refractivity contribution in [2.24, 2.45) is 0 Å². The first kappa shape index (κ1) is 17.1. The molecule has 2 rings (SSSR count). The number of nitrogens with one attached hydrogen (secondary N) is 1. The number of hydrogen-bond acceptors (Lipinski definition) is 5. The normalized spacial score (nSPS) is 15.6. The SMILES string of the molecule is C=CCCC(=O)Nc1nc2c(s1)CN(S(=O)(=O)N(C)C)CC2. The Labute approximate surface area is 134 Å². The van der Waals surface area contributed by atoms with Crippen LogP contribution in [0, 0.1) is 0 Å². The number of amides is 1. The lowest BCUT2D eigenvalue weighted by Gasteiger charge is -2.27. The number of aromatic nitrogens is 1. The van der Waals surface area contributed by atoms with E-state index < -0.39 is 10.2 Å². The van der Waals surface area contributed by atoms with Gasteiger partial charge in [-0.25, -0.2) is 4.98 Å². The van der Waals surface area contributed by atoms with Gasteiger partial charge >= 0.3 is 0 Å². The molecule has 1 aromatic heterocycles. The van der Waals surface area contributed by atoms with Crippen LogP contribution in [0.5, 0.6) is 0 Å². The number of nitrogens with zero attached hydrogens (tertiary/aromatic N) is 3. The Morgan fingerprint density at radius 3 is 2.91 bits per heavy atom. The molecule has 1 aliphatic heterocycles. The van der Waals surface area contributed by atoms with Crippen LogP contribution in [0.15, 0.2) is 12.7 Å². The first-order valence-electron chi connectivity index (χ1n) is 6.91. The number of thiazole rings is 1. The zero-order chi connectivity index (χ0) is 16.3. The number of carbonyl (C=O) groups is 1. The van der Waals surface area contributed by atoms with Crippen LogP contribution >= 0.6 is 11.3 Å². The average molecular weight is 344 g/mol. The standard InChI is InChI=1S/C13H20N4O3S2/c1-4-5-6-12(18)15-13-14-10-7-8-17(9-11(10)21-13)22(19,20)16(2)3/h4H,1,5-9H2,2-3H3,(H,14,15,18). The third-order valence-corrected chi connectivity index (χ3v) is 6.19. The average Bonchev–Trinajstić information content (AvgIpc) is 2.85. The van der Waals surface area contributed by atoms with Gasteiger partial charge in [-0.1, -0.05) is 6.08 Å². The lowest BCUT2D eigenvalue weighted by molar-refractivity contribution is -0.116. The van der Waals surface area contributed by atoms with Gasteiger partial charge in [-0.2, -0.15) is 17.0 Å². The van der Waals surface area contributed by atoms with E-state index in [0.717, 1.165) is 10.6 Å².